The molecule has 0 aliphatic heterocycles. The Morgan fingerprint density at radius 2 is 1.81 bits per heavy atom. The second-order valence-electron chi connectivity index (χ2n) is 5.67. The summed E-state index contributed by atoms with van der Waals surface area (Å²) in [6.07, 6.45) is 3.82. The Labute approximate surface area is 99.9 Å². The molecule has 0 atom stereocenters. The molecule has 1 aliphatic carbocycles. The van der Waals surface area contributed by atoms with Crippen LogP contribution >= 0.6 is 0 Å². The topological polar surface area (TPSA) is 30.5 Å². The standard InChI is InChI=1S/C13H27NO2/c1-5-6-15-7-8-16-12-9-11(10-12)14-13(2,3)4/h11-12,14H,5-10H2,1-4H3/t11-,12-. The predicted molar refractivity (Wildman–Crippen MR) is 66.8 cm³/mol. The average molecular weight is 229 g/mol. The Balaban J connectivity index is 1.92. The predicted octanol–water partition coefficient (Wildman–Crippen LogP) is 2.35. The fourth-order valence-corrected chi connectivity index (χ4v) is 1.95. The zero-order valence-corrected chi connectivity index (χ0v) is 11.2. The van der Waals surface area contributed by atoms with Crippen molar-refractivity contribution in [3.05, 3.63) is 0 Å². The Morgan fingerprint density at radius 1 is 1.12 bits per heavy atom. The summed E-state index contributed by atoms with van der Waals surface area (Å²) in [6.45, 7) is 11.1. The van der Waals surface area contributed by atoms with E-state index in [0.29, 0.717) is 12.1 Å². The van der Waals surface area contributed by atoms with Gasteiger partial charge in [-0.25, -0.2) is 0 Å². The molecule has 0 aromatic heterocycles. The molecule has 0 aromatic rings. The molecule has 0 spiro atoms. The number of hydrogen-bond acceptors (Lipinski definition) is 3. The highest BCUT2D eigenvalue weighted by atomic mass is 16.5. The van der Waals surface area contributed by atoms with Gasteiger partial charge >= 0.3 is 0 Å². The van der Waals surface area contributed by atoms with E-state index in [1.54, 1.807) is 0 Å². The molecule has 1 aliphatic rings. The first-order valence-electron chi connectivity index (χ1n) is 6.48. The summed E-state index contributed by atoms with van der Waals surface area (Å²) in [7, 11) is 0. The molecule has 1 N–H and O–H groups in total. The molecule has 1 saturated carbocycles. The van der Waals surface area contributed by atoms with Gasteiger partial charge in [0, 0.05) is 18.2 Å². The lowest BCUT2D eigenvalue weighted by molar-refractivity contribution is -0.0450. The first-order chi connectivity index (χ1) is 7.51. The third-order valence-electron chi connectivity index (χ3n) is 2.66. The van der Waals surface area contributed by atoms with Crippen molar-refractivity contribution in [3.63, 3.8) is 0 Å². The van der Waals surface area contributed by atoms with Gasteiger partial charge < -0.3 is 14.8 Å². The van der Waals surface area contributed by atoms with Gasteiger partial charge in [-0.2, -0.15) is 0 Å². The van der Waals surface area contributed by atoms with Crippen LogP contribution in [0.15, 0.2) is 0 Å². The summed E-state index contributed by atoms with van der Waals surface area (Å²) >= 11 is 0. The summed E-state index contributed by atoms with van der Waals surface area (Å²) in [5.74, 6) is 0. The first kappa shape index (κ1) is 13.9. The number of ether oxygens (including phenoxy) is 2. The summed E-state index contributed by atoms with van der Waals surface area (Å²) in [6, 6.07) is 0.640. The average Bonchev–Trinajstić information content (AvgIpc) is 2.11. The Morgan fingerprint density at radius 3 is 2.38 bits per heavy atom. The maximum Gasteiger partial charge on any atom is 0.0704 e. The van der Waals surface area contributed by atoms with Crippen molar-refractivity contribution in [2.45, 2.75) is 64.6 Å². The first-order valence-corrected chi connectivity index (χ1v) is 6.48. The Hall–Kier alpha value is -0.120. The van der Waals surface area contributed by atoms with E-state index in [9.17, 15) is 0 Å². The molecule has 3 heteroatoms. The molecule has 0 bridgehead atoms. The van der Waals surface area contributed by atoms with E-state index >= 15 is 0 Å². The quantitative estimate of drug-likeness (QED) is 0.680. The van der Waals surface area contributed by atoms with E-state index in [-0.39, 0.29) is 5.54 Å². The summed E-state index contributed by atoms with van der Waals surface area (Å²) < 4.78 is 11.1. The smallest absolute Gasteiger partial charge is 0.0704 e. The minimum Gasteiger partial charge on any atom is -0.379 e. The summed E-state index contributed by atoms with van der Waals surface area (Å²) in [5, 5.41) is 3.59. The van der Waals surface area contributed by atoms with Crippen LogP contribution in [-0.2, 0) is 9.47 Å². The van der Waals surface area contributed by atoms with E-state index in [1.165, 1.54) is 0 Å². The van der Waals surface area contributed by atoms with Crippen molar-refractivity contribution in [1.29, 1.82) is 0 Å². The lowest BCUT2D eigenvalue weighted by atomic mass is 9.87. The molecule has 0 saturated heterocycles. The molecule has 1 rings (SSSR count). The van der Waals surface area contributed by atoms with Gasteiger partial charge in [0.1, 0.15) is 0 Å². The largest absolute Gasteiger partial charge is 0.379 e. The highest BCUT2D eigenvalue weighted by Crippen LogP contribution is 2.25. The lowest BCUT2D eigenvalue weighted by Gasteiger charge is -2.40. The molecule has 16 heavy (non-hydrogen) atoms. The normalized spacial score (nSPS) is 25.5. The Kier molecular flexibility index (Phi) is 5.73. The van der Waals surface area contributed by atoms with E-state index in [4.69, 9.17) is 9.47 Å². The molecular formula is C13H27NO2. The van der Waals surface area contributed by atoms with Crippen molar-refractivity contribution >= 4 is 0 Å². The lowest BCUT2D eigenvalue weighted by Crippen LogP contribution is -2.52. The molecular weight excluding hydrogens is 202 g/mol. The minimum absolute atomic E-state index is 0.222. The van der Waals surface area contributed by atoms with E-state index in [1.807, 2.05) is 0 Å². The van der Waals surface area contributed by atoms with Crippen LogP contribution in [-0.4, -0.2) is 37.5 Å². The van der Waals surface area contributed by atoms with Gasteiger partial charge in [-0.3, -0.25) is 0 Å². The van der Waals surface area contributed by atoms with Crippen LogP contribution < -0.4 is 5.32 Å². The van der Waals surface area contributed by atoms with Crippen molar-refractivity contribution in [2.75, 3.05) is 19.8 Å². The number of hydrogen-bond donors (Lipinski definition) is 1. The maximum absolute atomic E-state index is 5.70. The van der Waals surface area contributed by atoms with Crippen molar-refractivity contribution < 1.29 is 9.47 Å². The molecule has 0 aromatic carbocycles. The van der Waals surface area contributed by atoms with Gasteiger partial charge in [0.15, 0.2) is 0 Å². The maximum atomic E-state index is 5.70. The molecule has 0 heterocycles. The van der Waals surface area contributed by atoms with Crippen molar-refractivity contribution in [3.8, 4) is 0 Å². The zero-order valence-electron chi connectivity index (χ0n) is 11.2. The van der Waals surface area contributed by atoms with Gasteiger partial charge in [0.2, 0.25) is 0 Å². The second-order valence-corrected chi connectivity index (χ2v) is 5.67. The third-order valence-corrected chi connectivity index (χ3v) is 2.66. The van der Waals surface area contributed by atoms with Crippen LogP contribution in [0.25, 0.3) is 0 Å². The molecule has 96 valence electrons. The third kappa shape index (κ3) is 5.83. The summed E-state index contributed by atoms with van der Waals surface area (Å²) in [5.41, 5.74) is 0.222. The second kappa shape index (κ2) is 6.58. The fraction of sp³-hybridized carbons (Fsp3) is 1.00. The van der Waals surface area contributed by atoms with Crippen LogP contribution in [0.5, 0.6) is 0 Å². The van der Waals surface area contributed by atoms with Crippen molar-refractivity contribution in [2.24, 2.45) is 0 Å². The van der Waals surface area contributed by atoms with Gasteiger partial charge in [0.05, 0.1) is 19.3 Å². The van der Waals surface area contributed by atoms with Crippen LogP contribution in [0, 0.1) is 0 Å². The fourth-order valence-electron chi connectivity index (χ4n) is 1.95. The van der Waals surface area contributed by atoms with E-state index in [2.05, 4.69) is 33.0 Å². The van der Waals surface area contributed by atoms with Crippen LogP contribution in [0.2, 0.25) is 0 Å². The van der Waals surface area contributed by atoms with Crippen LogP contribution in [0.1, 0.15) is 47.0 Å². The molecule has 1 fully saturated rings. The highest BCUT2D eigenvalue weighted by molar-refractivity contribution is 4.90. The van der Waals surface area contributed by atoms with Crippen molar-refractivity contribution in [1.82, 2.24) is 5.32 Å². The number of rotatable bonds is 7. The molecule has 0 unspecified atom stereocenters. The SMILES string of the molecule is CCCOCCO[C@H]1C[C@H](NC(C)(C)C)C1. The summed E-state index contributed by atoms with van der Waals surface area (Å²) in [4.78, 5) is 0. The Bertz CT molecular complexity index is 183. The van der Waals surface area contributed by atoms with Crippen LogP contribution in [0.4, 0.5) is 0 Å². The van der Waals surface area contributed by atoms with E-state index in [0.717, 1.165) is 39.1 Å². The van der Waals surface area contributed by atoms with Gasteiger partial charge in [0.25, 0.3) is 0 Å². The van der Waals surface area contributed by atoms with E-state index < -0.39 is 0 Å². The monoisotopic (exact) mass is 229 g/mol. The zero-order chi connectivity index (χ0) is 12.0. The van der Waals surface area contributed by atoms with Gasteiger partial charge in [-0.15, -0.1) is 0 Å². The minimum atomic E-state index is 0.222. The molecule has 0 amide bonds. The van der Waals surface area contributed by atoms with Gasteiger partial charge in [-0.1, -0.05) is 6.92 Å². The van der Waals surface area contributed by atoms with Crippen LogP contribution in [0.3, 0.4) is 0 Å². The number of nitrogens with one attached hydrogen (secondary N) is 1. The molecule has 0 radical (unpaired) electrons. The van der Waals surface area contributed by atoms with Gasteiger partial charge in [-0.05, 0) is 40.0 Å². The molecule has 3 nitrogen and oxygen atoms in total. The highest BCUT2D eigenvalue weighted by Gasteiger charge is 2.31.